The predicted octanol–water partition coefficient (Wildman–Crippen LogP) is 3.05. The van der Waals surface area contributed by atoms with Crippen molar-refractivity contribution in [3.8, 4) is 0 Å². The number of imide groups is 1. The topological polar surface area (TPSA) is 66.9 Å². The average Bonchev–Trinajstić information content (AvgIpc) is 2.47. The number of benzene rings is 1. The molecule has 2 rings (SSSR count). The Morgan fingerprint density at radius 2 is 1.91 bits per heavy atom. The summed E-state index contributed by atoms with van der Waals surface area (Å²) in [6.45, 7) is 4.95. The van der Waals surface area contributed by atoms with Gasteiger partial charge in [-0.3, -0.25) is 14.5 Å². The number of ether oxygens (including phenoxy) is 1. The maximum atomic E-state index is 12.5. The van der Waals surface area contributed by atoms with Crippen molar-refractivity contribution in [2.45, 2.75) is 27.2 Å². The Bertz CT molecular complexity index is 639. The molecule has 0 bridgehead atoms. The third-order valence-electron chi connectivity index (χ3n) is 3.39. The van der Waals surface area contributed by atoms with Gasteiger partial charge >= 0.3 is 12.0 Å². The number of para-hydroxylation sites is 1. The van der Waals surface area contributed by atoms with Crippen molar-refractivity contribution in [2.75, 3.05) is 18.2 Å². The first kappa shape index (κ1) is 17.3. The number of halogens is 1. The number of esters is 1. The Hall–Kier alpha value is -2.08. The molecule has 7 heteroatoms. The number of carbonyl (C=O) groups excluding carboxylic acids is 3. The maximum Gasteiger partial charge on any atom is 0.334 e. The Morgan fingerprint density at radius 1 is 1.26 bits per heavy atom. The van der Waals surface area contributed by atoms with Gasteiger partial charge in [-0.2, -0.15) is 0 Å². The number of rotatable bonds is 3. The zero-order valence-corrected chi connectivity index (χ0v) is 14.1. The lowest BCUT2D eigenvalue weighted by atomic mass is 9.98. The zero-order valence-electron chi connectivity index (χ0n) is 13.3. The van der Waals surface area contributed by atoms with Gasteiger partial charge in [-0.25, -0.2) is 9.69 Å². The van der Waals surface area contributed by atoms with Crippen LogP contribution in [0.25, 0.3) is 0 Å². The van der Waals surface area contributed by atoms with Crippen molar-refractivity contribution in [3.63, 3.8) is 0 Å². The highest BCUT2D eigenvalue weighted by Crippen LogP contribution is 2.28. The van der Waals surface area contributed by atoms with Gasteiger partial charge in [-0.05, 0) is 32.9 Å². The zero-order chi connectivity index (χ0) is 17.2. The molecule has 1 aliphatic heterocycles. The fourth-order valence-corrected chi connectivity index (χ4v) is 2.29. The SMILES string of the molecule is CC(C)(C)C(=O)OCN1C(=O)CCN(c2ccccc2Cl)C1=O. The summed E-state index contributed by atoms with van der Waals surface area (Å²) in [6, 6.07) is 6.35. The van der Waals surface area contributed by atoms with Crippen molar-refractivity contribution < 1.29 is 19.1 Å². The Balaban J connectivity index is 2.14. The van der Waals surface area contributed by atoms with E-state index in [1.807, 2.05) is 0 Å². The van der Waals surface area contributed by atoms with Gasteiger partial charge in [-0.15, -0.1) is 0 Å². The Labute approximate surface area is 139 Å². The molecule has 6 nitrogen and oxygen atoms in total. The maximum absolute atomic E-state index is 12.5. The van der Waals surface area contributed by atoms with E-state index < -0.39 is 24.1 Å². The molecular weight excluding hydrogens is 320 g/mol. The molecule has 0 atom stereocenters. The van der Waals surface area contributed by atoms with Gasteiger partial charge < -0.3 is 4.74 Å². The van der Waals surface area contributed by atoms with Crippen LogP contribution in [0.2, 0.25) is 5.02 Å². The summed E-state index contributed by atoms with van der Waals surface area (Å²) in [5, 5.41) is 0.418. The molecule has 1 aromatic carbocycles. The Morgan fingerprint density at radius 3 is 2.52 bits per heavy atom. The molecule has 0 aliphatic carbocycles. The molecule has 0 aromatic heterocycles. The normalized spacial score (nSPS) is 15.8. The molecule has 0 N–H and O–H groups in total. The molecule has 1 aliphatic rings. The van der Waals surface area contributed by atoms with Crippen molar-refractivity contribution >= 4 is 35.2 Å². The van der Waals surface area contributed by atoms with Crippen molar-refractivity contribution in [1.82, 2.24) is 4.90 Å². The van der Waals surface area contributed by atoms with Crippen LogP contribution < -0.4 is 4.90 Å². The number of hydrogen-bond acceptors (Lipinski definition) is 4. The monoisotopic (exact) mass is 338 g/mol. The summed E-state index contributed by atoms with van der Waals surface area (Å²) >= 11 is 6.11. The lowest BCUT2D eigenvalue weighted by Crippen LogP contribution is -2.53. The molecule has 1 saturated heterocycles. The first-order valence-electron chi connectivity index (χ1n) is 7.25. The van der Waals surface area contributed by atoms with Gasteiger partial charge in [0.1, 0.15) is 0 Å². The second kappa shape index (κ2) is 6.58. The highest BCUT2D eigenvalue weighted by molar-refractivity contribution is 6.34. The fourth-order valence-electron chi connectivity index (χ4n) is 2.05. The minimum Gasteiger partial charge on any atom is -0.443 e. The van der Waals surface area contributed by atoms with Gasteiger partial charge in [0, 0.05) is 13.0 Å². The van der Waals surface area contributed by atoms with E-state index >= 15 is 0 Å². The van der Waals surface area contributed by atoms with E-state index in [0.29, 0.717) is 10.7 Å². The van der Waals surface area contributed by atoms with Crippen LogP contribution in [-0.2, 0) is 14.3 Å². The third-order valence-corrected chi connectivity index (χ3v) is 3.71. The third kappa shape index (κ3) is 3.82. The molecule has 3 amide bonds. The van der Waals surface area contributed by atoms with Crippen LogP contribution >= 0.6 is 11.6 Å². The Kier molecular flexibility index (Phi) is 4.94. The van der Waals surface area contributed by atoms with Gasteiger partial charge in [0.15, 0.2) is 6.73 Å². The number of hydrogen-bond donors (Lipinski definition) is 0. The van der Waals surface area contributed by atoms with E-state index in [4.69, 9.17) is 16.3 Å². The molecule has 0 saturated carbocycles. The highest BCUT2D eigenvalue weighted by atomic mass is 35.5. The van der Waals surface area contributed by atoms with Gasteiger partial charge in [-0.1, -0.05) is 23.7 Å². The van der Waals surface area contributed by atoms with Crippen LogP contribution in [0.15, 0.2) is 24.3 Å². The number of urea groups is 1. The number of amides is 3. The number of carbonyl (C=O) groups is 3. The van der Waals surface area contributed by atoms with E-state index in [2.05, 4.69) is 0 Å². The standard InChI is InChI=1S/C16H19ClN2O4/c1-16(2,3)14(21)23-10-19-13(20)8-9-18(15(19)22)12-7-5-4-6-11(12)17/h4-7H,8-10H2,1-3H3. The minimum atomic E-state index is -0.704. The van der Waals surface area contributed by atoms with Crippen LogP contribution in [0, 0.1) is 5.41 Å². The van der Waals surface area contributed by atoms with E-state index in [1.165, 1.54) is 4.90 Å². The summed E-state index contributed by atoms with van der Waals surface area (Å²) in [5.41, 5.74) is -0.177. The summed E-state index contributed by atoms with van der Waals surface area (Å²) in [5.74, 6) is -0.854. The van der Waals surface area contributed by atoms with Crippen LogP contribution in [0.3, 0.4) is 0 Å². The average molecular weight is 339 g/mol. The van der Waals surface area contributed by atoms with Crippen LogP contribution in [0.1, 0.15) is 27.2 Å². The van der Waals surface area contributed by atoms with E-state index in [9.17, 15) is 14.4 Å². The van der Waals surface area contributed by atoms with Crippen molar-refractivity contribution in [3.05, 3.63) is 29.3 Å². The lowest BCUT2D eigenvalue weighted by molar-refractivity contribution is -0.158. The summed E-state index contributed by atoms with van der Waals surface area (Å²) in [4.78, 5) is 38.7. The molecule has 0 unspecified atom stereocenters. The molecule has 0 spiro atoms. The first-order valence-corrected chi connectivity index (χ1v) is 7.63. The number of nitrogens with zero attached hydrogens (tertiary/aromatic N) is 2. The summed E-state index contributed by atoms with van der Waals surface area (Å²) < 4.78 is 5.09. The number of anilines is 1. The largest absolute Gasteiger partial charge is 0.443 e. The van der Waals surface area contributed by atoms with Gasteiger partial charge in [0.25, 0.3) is 0 Å². The van der Waals surface area contributed by atoms with Gasteiger partial charge in [0.2, 0.25) is 5.91 Å². The van der Waals surface area contributed by atoms with Crippen molar-refractivity contribution in [2.24, 2.45) is 5.41 Å². The minimum absolute atomic E-state index is 0.143. The van der Waals surface area contributed by atoms with E-state index in [0.717, 1.165) is 4.90 Å². The van der Waals surface area contributed by atoms with E-state index in [-0.39, 0.29) is 18.9 Å². The molecule has 124 valence electrons. The second-order valence-electron chi connectivity index (χ2n) is 6.27. The highest BCUT2D eigenvalue weighted by Gasteiger charge is 2.35. The second-order valence-corrected chi connectivity index (χ2v) is 6.68. The predicted molar refractivity (Wildman–Crippen MR) is 86.1 cm³/mol. The quantitative estimate of drug-likeness (QED) is 0.794. The first-order chi connectivity index (χ1) is 10.7. The molecule has 23 heavy (non-hydrogen) atoms. The molecule has 0 radical (unpaired) electrons. The molecule has 1 fully saturated rings. The molecule has 1 aromatic rings. The van der Waals surface area contributed by atoms with Crippen LogP contribution in [0.4, 0.5) is 10.5 Å². The smallest absolute Gasteiger partial charge is 0.334 e. The van der Waals surface area contributed by atoms with Crippen LogP contribution in [-0.4, -0.2) is 36.1 Å². The lowest BCUT2D eigenvalue weighted by Gasteiger charge is -2.34. The molecule has 1 heterocycles. The summed E-state index contributed by atoms with van der Waals surface area (Å²) in [6.07, 6.45) is 0.143. The van der Waals surface area contributed by atoms with Crippen molar-refractivity contribution in [1.29, 1.82) is 0 Å². The van der Waals surface area contributed by atoms with Gasteiger partial charge in [0.05, 0.1) is 16.1 Å². The van der Waals surface area contributed by atoms with Crippen LogP contribution in [0.5, 0.6) is 0 Å². The summed E-state index contributed by atoms with van der Waals surface area (Å²) in [7, 11) is 0. The fraction of sp³-hybridized carbons (Fsp3) is 0.438. The molecular formula is C16H19ClN2O4. The van der Waals surface area contributed by atoms with E-state index in [1.54, 1.807) is 45.0 Å².